The van der Waals surface area contributed by atoms with E-state index in [-0.39, 0.29) is 12.5 Å². The van der Waals surface area contributed by atoms with Crippen LogP contribution in [0.25, 0.3) is 0 Å². The van der Waals surface area contributed by atoms with Crippen LogP contribution >= 0.6 is 0 Å². The quantitative estimate of drug-likeness (QED) is 0.745. The molecule has 0 unspecified atom stereocenters. The molecule has 1 aliphatic heterocycles. The van der Waals surface area contributed by atoms with Gasteiger partial charge in [-0.3, -0.25) is 14.7 Å². The summed E-state index contributed by atoms with van der Waals surface area (Å²) in [5, 5.41) is 2.66. The Labute approximate surface area is 110 Å². The monoisotopic (exact) mass is 264 g/mol. The molecule has 2 rings (SSSR count). The normalized spacial score (nSPS) is 18.3. The van der Waals surface area contributed by atoms with Crippen LogP contribution in [0, 0.1) is 0 Å². The molecule has 2 amide bonds. The highest BCUT2D eigenvalue weighted by Gasteiger charge is 2.37. The van der Waals surface area contributed by atoms with E-state index in [0.717, 1.165) is 5.56 Å². The maximum absolute atomic E-state index is 11.9. The summed E-state index contributed by atoms with van der Waals surface area (Å²) in [7, 11) is 0. The molecule has 0 aromatic carbocycles. The van der Waals surface area contributed by atoms with Crippen LogP contribution in [0.2, 0.25) is 0 Å². The van der Waals surface area contributed by atoms with Gasteiger partial charge in [-0.05, 0) is 11.6 Å². The third-order valence-electron chi connectivity index (χ3n) is 2.80. The average Bonchev–Trinajstić information content (AvgIpc) is 2.79. The number of aromatic nitrogens is 1. The van der Waals surface area contributed by atoms with Gasteiger partial charge in [0.25, 0.3) is 0 Å². The zero-order valence-electron chi connectivity index (χ0n) is 10.4. The number of ether oxygens (including phenoxy) is 1. The van der Waals surface area contributed by atoms with E-state index in [4.69, 9.17) is 10.5 Å². The van der Waals surface area contributed by atoms with Gasteiger partial charge >= 0.3 is 6.09 Å². The van der Waals surface area contributed by atoms with E-state index in [0.29, 0.717) is 19.6 Å². The lowest BCUT2D eigenvalue weighted by Gasteiger charge is -2.20. The third-order valence-corrected chi connectivity index (χ3v) is 2.80. The third kappa shape index (κ3) is 3.19. The Hall–Kier alpha value is -2.15. The van der Waals surface area contributed by atoms with Gasteiger partial charge in [0.05, 0.1) is 6.54 Å². The van der Waals surface area contributed by atoms with Crippen molar-refractivity contribution in [2.45, 2.75) is 12.6 Å². The van der Waals surface area contributed by atoms with Crippen LogP contribution in [0.15, 0.2) is 24.5 Å². The van der Waals surface area contributed by atoms with Crippen molar-refractivity contribution >= 4 is 12.0 Å². The van der Waals surface area contributed by atoms with Crippen molar-refractivity contribution in [2.24, 2.45) is 5.73 Å². The smallest absolute Gasteiger partial charge is 0.410 e. The molecule has 0 bridgehead atoms. The maximum atomic E-state index is 11.9. The largest absolute Gasteiger partial charge is 0.447 e. The molecule has 19 heavy (non-hydrogen) atoms. The zero-order valence-corrected chi connectivity index (χ0v) is 10.4. The summed E-state index contributed by atoms with van der Waals surface area (Å²) in [5.41, 5.74) is 6.17. The molecule has 0 radical (unpaired) electrons. The van der Waals surface area contributed by atoms with Crippen LogP contribution in [-0.4, -0.2) is 47.6 Å². The first-order chi connectivity index (χ1) is 9.22. The number of cyclic esters (lactones) is 1. The van der Waals surface area contributed by atoms with Gasteiger partial charge in [-0.2, -0.15) is 0 Å². The van der Waals surface area contributed by atoms with Crippen LogP contribution < -0.4 is 11.1 Å². The lowest BCUT2D eigenvalue weighted by atomic mass is 10.2. The molecule has 1 atom stereocenters. The average molecular weight is 264 g/mol. The fourth-order valence-electron chi connectivity index (χ4n) is 1.84. The molecular formula is C12H16N4O3. The molecule has 7 nitrogen and oxygen atoms in total. The van der Waals surface area contributed by atoms with Gasteiger partial charge < -0.3 is 15.8 Å². The van der Waals surface area contributed by atoms with Crippen molar-refractivity contribution in [3.05, 3.63) is 30.1 Å². The topological polar surface area (TPSA) is 97.5 Å². The first kappa shape index (κ1) is 13.3. The molecule has 7 heteroatoms. The first-order valence-corrected chi connectivity index (χ1v) is 6.02. The van der Waals surface area contributed by atoms with E-state index in [2.05, 4.69) is 10.3 Å². The summed E-state index contributed by atoms with van der Waals surface area (Å²) in [4.78, 5) is 28.9. The van der Waals surface area contributed by atoms with Crippen LogP contribution in [0.5, 0.6) is 0 Å². The number of nitrogens with one attached hydrogen (secondary N) is 1. The predicted molar refractivity (Wildman–Crippen MR) is 67.0 cm³/mol. The van der Waals surface area contributed by atoms with E-state index in [1.165, 1.54) is 4.90 Å². The van der Waals surface area contributed by atoms with Gasteiger partial charge in [-0.1, -0.05) is 6.07 Å². The van der Waals surface area contributed by atoms with E-state index in [9.17, 15) is 9.59 Å². The van der Waals surface area contributed by atoms with E-state index in [1.807, 2.05) is 6.07 Å². The predicted octanol–water partition coefficient (Wildman–Crippen LogP) is -0.523. The second-order valence-electron chi connectivity index (χ2n) is 4.16. The Bertz CT molecular complexity index is 452. The highest BCUT2D eigenvalue weighted by molar-refractivity contribution is 5.87. The van der Waals surface area contributed by atoms with Crippen molar-refractivity contribution in [1.29, 1.82) is 0 Å². The fourth-order valence-corrected chi connectivity index (χ4v) is 1.84. The van der Waals surface area contributed by atoms with Gasteiger partial charge in [-0.25, -0.2) is 4.79 Å². The number of carbonyl (C=O) groups is 2. The minimum absolute atomic E-state index is 0.0650. The molecule has 1 aliphatic rings. The maximum Gasteiger partial charge on any atom is 0.410 e. The van der Waals surface area contributed by atoms with Crippen LogP contribution in [0.3, 0.4) is 0 Å². The van der Waals surface area contributed by atoms with Crippen LogP contribution in [0.1, 0.15) is 5.56 Å². The van der Waals surface area contributed by atoms with Crippen LogP contribution in [0.4, 0.5) is 4.79 Å². The van der Waals surface area contributed by atoms with E-state index < -0.39 is 12.1 Å². The number of nitrogens with zero attached hydrogens (tertiary/aromatic N) is 2. The lowest BCUT2D eigenvalue weighted by Crippen LogP contribution is -2.46. The molecule has 1 fully saturated rings. The molecular weight excluding hydrogens is 248 g/mol. The van der Waals surface area contributed by atoms with Gasteiger partial charge in [0.15, 0.2) is 0 Å². The van der Waals surface area contributed by atoms with Crippen molar-refractivity contribution in [3.8, 4) is 0 Å². The Morgan fingerprint density at radius 3 is 3.16 bits per heavy atom. The van der Waals surface area contributed by atoms with Gasteiger partial charge in [0, 0.05) is 25.5 Å². The van der Waals surface area contributed by atoms with Crippen molar-refractivity contribution in [1.82, 2.24) is 15.2 Å². The van der Waals surface area contributed by atoms with Crippen LogP contribution in [-0.2, 0) is 16.1 Å². The Morgan fingerprint density at radius 2 is 2.47 bits per heavy atom. The summed E-state index contributed by atoms with van der Waals surface area (Å²) in [6.45, 7) is 1.10. The number of hydrogen-bond acceptors (Lipinski definition) is 5. The molecule has 0 aliphatic carbocycles. The van der Waals surface area contributed by atoms with Crippen molar-refractivity contribution in [3.63, 3.8) is 0 Å². The summed E-state index contributed by atoms with van der Waals surface area (Å²) < 4.78 is 4.93. The molecule has 3 N–H and O–H groups in total. The minimum Gasteiger partial charge on any atom is -0.447 e. The number of carbonyl (C=O) groups excluding carboxylic acids is 2. The SMILES string of the molecule is NCCNC(=O)[C@@H]1COC(=O)N1Cc1cccnc1. The van der Waals surface area contributed by atoms with Gasteiger partial charge in [-0.15, -0.1) is 0 Å². The number of nitrogens with two attached hydrogens (primary N) is 1. The molecule has 102 valence electrons. The molecule has 0 spiro atoms. The van der Waals surface area contributed by atoms with E-state index in [1.54, 1.807) is 18.5 Å². The van der Waals surface area contributed by atoms with Crippen molar-refractivity contribution < 1.29 is 14.3 Å². The second kappa shape index (κ2) is 6.14. The second-order valence-corrected chi connectivity index (χ2v) is 4.16. The number of rotatable bonds is 5. The van der Waals surface area contributed by atoms with E-state index >= 15 is 0 Å². The Morgan fingerprint density at radius 1 is 1.63 bits per heavy atom. The Balaban J connectivity index is 2.03. The standard InChI is InChI=1S/C12H16N4O3/c13-3-5-15-11(17)10-8-19-12(18)16(10)7-9-2-1-4-14-6-9/h1-2,4,6,10H,3,5,7-8,13H2,(H,15,17)/t10-/m0/s1. The van der Waals surface area contributed by atoms with Gasteiger partial charge in [0.1, 0.15) is 12.6 Å². The zero-order chi connectivity index (χ0) is 13.7. The lowest BCUT2D eigenvalue weighted by molar-refractivity contribution is -0.124. The first-order valence-electron chi connectivity index (χ1n) is 6.02. The molecule has 1 saturated heterocycles. The summed E-state index contributed by atoms with van der Waals surface area (Å²) >= 11 is 0. The highest BCUT2D eigenvalue weighted by Crippen LogP contribution is 2.16. The molecule has 1 aromatic rings. The summed E-state index contributed by atoms with van der Waals surface area (Å²) in [6, 6.07) is 3.01. The fraction of sp³-hybridized carbons (Fsp3) is 0.417. The molecule has 0 saturated carbocycles. The highest BCUT2D eigenvalue weighted by atomic mass is 16.6. The van der Waals surface area contributed by atoms with Gasteiger partial charge in [0.2, 0.25) is 5.91 Å². The Kier molecular flexibility index (Phi) is 4.30. The summed E-state index contributed by atoms with van der Waals surface area (Å²) in [5.74, 6) is -0.250. The number of hydrogen-bond donors (Lipinski definition) is 2. The number of amides is 2. The summed E-state index contributed by atoms with van der Waals surface area (Å²) in [6.07, 6.45) is 2.81. The molecule has 1 aromatic heterocycles. The number of pyridine rings is 1. The molecule has 2 heterocycles. The van der Waals surface area contributed by atoms with Crippen molar-refractivity contribution in [2.75, 3.05) is 19.7 Å². The minimum atomic E-state index is -0.612.